The number of benzene rings is 1. The Balaban J connectivity index is 1.62. The van der Waals surface area contributed by atoms with Crippen LogP contribution in [-0.2, 0) is 22.6 Å². The van der Waals surface area contributed by atoms with Gasteiger partial charge in [0.1, 0.15) is 18.1 Å². The van der Waals surface area contributed by atoms with Crippen LogP contribution < -0.4 is 4.74 Å². The lowest BCUT2D eigenvalue weighted by molar-refractivity contribution is -0.138. The molecule has 0 amide bonds. The number of aliphatic hydroxyl groups excluding tert-OH is 1. The van der Waals surface area contributed by atoms with Crippen molar-refractivity contribution in [2.24, 2.45) is 0 Å². The van der Waals surface area contributed by atoms with E-state index in [1.165, 1.54) is 0 Å². The molecule has 0 spiro atoms. The van der Waals surface area contributed by atoms with E-state index in [9.17, 15) is 9.90 Å². The standard InChI is InChI=1S/C22H21NO4/c1-2-26-22(25)18-8-9-20-19(21(18)24)13-16-12-17(10-11-23(16)20)27-14-15-6-4-3-5-7-15/h3-7,10-13,24H,2,8-9,14H2,1H3. The maximum atomic E-state index is 12.0. The molecule has 138 valence electrons. The van der Waals surface area contributed by atoms with Gasteiger partial charge >= 0.3 is 5.97 Å². The number of fused-ring (bicyclic) bond motifs is 3. The molecule has 0 bridgehead atoms. The molecule has 1 aromatic carbocycles. The summed E-state index contributed by atoms with van der Waals surface area (Å²) in [5.74, 6) is 0.336. The van der Waals surface area contributed by atoms with E-state index in [4.69, 9.17) is 9.47 Å². The van der Waals surface area contributed by atoms with Gasteiger partial charge in [-0.1, -0.05) is 30.3 Å². The SMILES string of the molecule is CCOC(=O)C1=C(O)c2cc3cc(OCc4ccccc4)ccn3c2CC1. The lowest BCUT2D eigenvalue weighted by Gasteiger charge is -2.16. The fraction of sp³-hybridized carbons (Fsp3) is 0.227. The summed E-state index contributed by atoms with van der Waals surface area (Å²) in [6, 6.07) is 15.7. The Morgan fingerprint density at radius 1 is 1.15 bits per heavy atom. The third-order valence-electron chi connectivity index (χ3n) is 4.77. The molecule has 0 aliphatic heterocycles. The molecule has 1 aliphatic rings. The Kier molecular flexibility index (Phi) is 4.59. The number of aromatic nitrogens is 1. The molecule has 3 aromatic rings. The molecular weight excluding hydrogens is 342 g/mol. The second-order valence-corrected chi connectivity index (χ2v) is 6.48. The van der Waals surface area contributed by atoms with Crippen LogP contribution in [0.2, 0.25) is 0 Å². The summed E-state index contributed by atoms with van der Waals surface area (Å²) in [7, 11) is 0. The molecule has 27 heavy (non-hydrogen) atoms. The number of hydrogen-bond donors (Lipinski definition) is 1. The van der Waals surface area contributed by atoms with E-state index in [0.717, 1.165) is 22.5 Å². The first kappa shape index (κ1) is 17.2. The summed E-state index contributed by atoms with van der Waals surface area (Å²) in [4.78, 5) is 12.0. The Labute approximate surface area is 157 Å². The second-order valence-electron chi connectivity index (χ2n) is 6.48. The fourth-order valence-electron chi connectivity index (χ4n) is 3.45. The summed E-state index contributed by atoms with van der Waals surface area (Å²) in [6.07, 6.45) is 3.08. The van der Waals surface area contributed by atoms with Gasteiger partial charge in [-0.05, 0) is 37.5 Å². The zero-order valence-corrected chi connectivity index (χ0v) is 15.1. The highest BCUT2D eigenvalue weighted by Gasteiger charge is 2.27. The Hall–Kier alpha value is -3.21. The summed E-state index contributed by atoms with van der Waals surface area (Å²) < 4.78 is 13.0. The molecule has 4 rings (SSSR count). The molecule has 5 heteroatoms. The second kappa shape index (κ2) is 7.19. The lowest BCUT2D eigenvalue weighted by Crippen LogP contribution is -2.15. The molecule has 0 radical (unpaired) electrons. The zero-order chi connectivity index (χ0) is 18.8. The van der Waals surface area contributed by atoms with Crippen molar-refractivity contribution in [1.82, 2.24) is 4.40 Å². The number of carbonyl (C=O) groups is 1. The van der Waals surface area contributed by atoms with Crippen molar-refractivity contribution in [3.8, 4) is 5.75 Å². The smallest absolute Gasteiger partial charge is 0.337 e. The lowest BCUT2D eigenvalue weighted by atomic mass is 9.96. The summed E-state index contributed by atoms with van der Waals surface area (Å²) >= 11 is 0. The molecule has 5 nitrogen and oxygen atoms in total. The molecule has 0 atom stereocenters. The number of hydrogen-bond acceptors (Lipinski definition) is 4. The largest absolute Gasteiger partial charge is 0.507 e. The van der Waals surface area contributed by atoms with E-state index in [-0.39, 0.29) is 5.76 Å². The van der Waals surface area contributed by atoms with E-state index >= 15 is 0 Å². The first-order valence-corrected chi connectivity index (χ1v) is 9.07. The van der Waals surface area contributed by atoms with Crippen molar-refractivity contribution in [2.75, 3.05) is 6.61 Å². The summed E-state index contributed by atoms with van der Waals surface area (Å²) in [5, 5.41) is 10.6. The van der Waals surface area contributed by atoms with Crippen LogP contribution in [0.15, 0.2) is 60.3 Å². The van der Waals surface area contributed by atoms with Gasteiger partial charge in [-0.3, -0.25) is 0 Å². The highest BCUT2D eigenvalue weighted by molar-refractivity contribution is 5.97. The van der Waals surface area contributed by atoms with E-state index in [0.29, 0.717) is 37.2 Å². The third kappa shape index (κ3) is 3.28. The van der Waals surface area contributed by atoms with Crippen molar-refractivity contribution in [2.45, 2.75) is 26.4 Å². The molecule has 2 heterocycles. The van der Waals surface area contributed by atoms with Crippen LogP contribution >= 0.6 is 0 Å². The van der Waals surface area contributed by atoms with Gasteiger partial charge in [0.15, 0.2) is 0 Å². The number of aryl methyl sites for hydroxylation is 1. The molecular formula is C22H21NO4. The third-order valence-corrected chi connectivity index (χ3v) is 4.77. The van der Waals surface area contributed by atoms with Crippen molar-refractivity contribution in [3.63, 3.8) is 0 Å². The van der Waals surface area contributed by atoms with Crippen LogP contribution in [0, 0.1) is 0 Å². The number of esters is 1. The van der Waals surface area contributed by atoms with Gasteiger partial charge in [0.2, 0.25) is 0 Å². The molecule has 2 aromatic heterocycles. The minimum atomic E-state index is -0.442. The Morgan fingerprint density at radius 3 is 2.74 bits per heavy atom. The van der Waals surface area contributed by atoms with Gasteiger partial charge in [-0.15, -0.1) is 0 Å². The minimum Gasteiger partial charge on any atom is -0.507 e. The van der Waals surface area contributed by atoms with Crippen molar-refractivity contribution in [1.29, 1.82) is 0 Å². The van der Waals surface area contributed by atoms with Crippen LogP contribution in [0.3, 0.4) is 0 Å². The molecule has 0 saturated heterocycles. The van der Waals surface area contributed by atoms with E-state index in [1.807, 2.05) is 59.1 Å². The van der Waals surface area contributed by atoms with Crippen LogP contribution in [0.5, 0.6) is 5.75 Å². The summed E-state index contributed by atoms with van der Waals surface area (Å²) in [6.45, 7) is 2.55. The average Bonchev–Trinajstić information content (AvgIpc) is 3.06. The molecule has 1 aliphatic carbocycles. The van der Waals surface area contributed by atoms with Gasteiger partial charge < -0.3 is 19.0 Å². The predicted octanol–water partition coefficient (Wildman–Crippen LogP) is 4.30. The van der Waals surface area contributed by atoms with Crippen molar-refractivity contribution in [3.05, 3.63) is 77.1 Å². The molecule has 0 fully saturated rings. The van der Waals surface area contributed by atoms with Gasteiger partial charge in [0.05, 0.1) is 12.2 Å². The monoisotopic (exact) mass is 363 g/mol. The number of nitrogens with zero attached hydrogens (tertiary/aromatic N) is 1. The Morgan fingerprint density at radius 2 is 1.96 bits per heavy atom. The van der Waals surface area contributed by atoms with Gasteiger partial charge in [0, 0.05) is 29.0 Å². The van der Waals surface area contributed by atoms with Crippen LogP contribution in [0.1, 0.15) is 30.2 Å². The number of ether oxygens (including phenoxy) is 2. The minimum absolute atomic E-state index is 0.0187. The fourth-order valence-corrected chi connectivity index (χ4v) is 3.45. The number of carbonyl (C=O) groups excluding carboxylic acids is 1. The first-order valence-electron chi connectivity index (χ1n) is 9.07. The average molecular weight is 363 g/mol. The van der Waals surface area contributed by atoms with Crippen molar-refractivity contribution < 1.29 is 19.4 Å². The first-order chi connectivity index (χ1) is 13.2. The topological polar surface area (TPSA) is 60.2 Å². The number of rotatable bonds is 5. The molecule has 1 N–H and O–H groups in total. The maximum absolute atomic E-state index is 12.0. The number of aliphatic hydroxyl groups is 1. The highest BCUT2D eigenvalue weighted by Crippen LogP contribution is 2.33. The Bertz CT molecular complexity index is 1020. The quantitative estimate of drug-likeness (QED) is 0.687. The zero-order valence-electron chi connectivity index (χ0n) is 15.1. The normalized spacial score (nSPS) is 13.5. The molecule has 0 saturated carbocycles. The summed E-state index contributed by atoms with van der Waals surface area (Å²) in [5.41, 5.74) is 4.05. The van der Waals surface area contributed by atoms with Gasteiger partial charge in [-0.2, -0.15) is 0 Å². The van der Waals surface area contributed by atoms with E-state index < -0.39 is 5.97 Å². The van der Waals surface area contributed by atoms with E-state index in [2.05, 4.69) is 0 Å². The maximum Gasteiger partial charge on any atom is 0.337 e. The molecule has 0 unspecified atom stereocenters. The van der Waals surface area contributed by atoms with Crippen LogP contribution in [0.4, 0.5) is 0 Å². The van der Waals surface area contributed by atoms with Crippen molar-refractivity contribution >= 4 is 17.2 Å². The van der Waals surface area contributed by atoms with Gasteiger partial charge in [0.25, 0.3) is 0 Å². The van der Waals surface area contributed by atoms with Crippen LogP contribution in [0.25, 0.3) is 11.3 Å². The van der Waals surface area contributed by atoms with E-state index in [1.54, 1.807) is 6.92 Å². The highest BCUT2D eigenvalue weighted by atomic mass is 16.5. The van der Waals surface area contributed by atoms with Crippen LogP contribution in [-0.4, -0.2) is 22.1 Å². The number of pyridine rings is 1. The predicted molar refractivity (Wildman–Crippen MR) is 103 cm³/mol. The van der Waals surface area contributed by atoms with Gasteiger partial charge in [-0.25, -0.2) is 4.79 Å².